The molecule has 6 heteroatoms. The third kappa shape index (κ3) is 1.91. The van der Waals surface area contributed by atoms with Crippen molar-refractivity contribution >= 4 is 5.97 Å². The molecular weight excluding hydrogens is 188 g/mol. The maximum absolute atomic E-state index is 11.0. The van der Waals surface area contributed by atoms with Crippen LogP contribution in [0.15, 0.2) is 6.07 Å². The predicted octanol–water partition coefficient (Wildman–Crippen LogP) is -0.768. The van der Waals surface area contributed by atoms with Crippen molar-refractivity contribution in [1.82, 2.24) is 9.78 Å². The van der Waals surface area contributed by atoms with E-state index >= 15 is 0 Å². The van der Waals surface area contributed by atoms with E-state index < -0.39 is 18.7 Å². The fourth-order valence-electron chi connectivity index (χ4n) is 1.09. The van der Waals surface area contributed by atoms with Gasteiger partial charge in [-0.1, -0.05) is 0 Å². The Morgan fingerprint density at radius 1 is 1.79 bits per heavy atom. The number of nitrogens with zero attached hydrogens (tertiary/aromatic N) is 2. The van der Waals surface area contributed by atoms with E-state index in [4.69, 9.17) is 5.11 Å². The molecule has 0 amide bonds. The minimum Gasteiger partial charge on any atom is -0.464 e. The van der Waals surface area contributed by atoms with Crippen LogP contribution in [-0.4, -0.2) is 39.7 Å². The standard InChI is InChI=1S/C8H12N2O4/c1-10-6(7(12)4-11)3-5(9-10)8(13)14-2/h3,7,11-12H,4H2,1-2H3. The Labute approximate surface area is 80.7 Å². The Morgan fingerprint density at radius 2 is 2.43 bits per heavy atom. The number of aliphatic hydroxyl groups is 2. The monoisotopic (exact) mass is 200 g/mol. The molecular formula is C8H12N2O4. The summed E-state index contributed by atoms with van der Waals surface area (Å²) in [6.45, 7) is -0.417. The van der Waals surface area contributed by atoms with Gasteiger partial charge in [-0.25, -0.2) is 4.79 Å². The van der Waals surface area contributed by atoms with Gasteiger partial charge in [-0.05, 0) is 6.07 Å². The van der Waals surface area contributed by atoms with Gasteiger partial charge < -0.3 is 14.9 Å². The van der Waals surface area contributed by atoms with Crippen LogP contribution in [-0.2, 0) is 11.8 Å². The molecule has 0 radical (unpaired) electrons. The fraction of sp³-hybridized carbons (Fsp3) is 0.500. The number of aliphatic hydroxyl groups excluding tert-OH is 2. The van der Waals surface area contributed by atoms with Gasteiger partial charge in [-0.3, -0.25) is 4.68 Å². The molecule has 6 nitrogen and oxygen atoms in total. The zero-order valence-corrected chi connectivity index (χ0v) is 7.97. The van der Waals surface area contributed by atoms with E-state index in [0.717, 1.165) is 0 Å². The molecule has 1 aromatic heterocycles. The van der Waals surface area contributed by atoms with E-state index in [1.54, 1.807) is 7.05 Å². The Bertz CT molecular complexity index is 334. The molecule has 0 aliphatic heterocycles. The quantitative estimate of drug-likeness (QED) is 0.626. The van der Waals surface area contributed by atoms with Crippen molar-refractivity contribution < 1.29 is 19.7 Å². The lowest BCUT2D eigenvalue weighted by Gasteiger charge is -2.05. The summed E-state index contributed by atoms with van der Waals surface area (Å²) in [5.41, 5.74) is 0.477. The summed E-state index contributed by atoms with van der Waals surface area (Å²) in [5, 5.41) is 21.8. The molecule has 0 aliphatic carbocycles. The van der Waals surface area contributed by atoms with E-state index in [9.17, 15) is 9.90 Å². The number of hydrogen-bond acceptors (Lipinski definition) is 5. The van der Waals surface area contributed by atoms with E-state index in [-0.39, 0.29) is 5.69 Å². The number of carbonyl (C=O) groups excluding carboxylic acids is 1. The molecule has 1 aromatic rings. The van der Waals surface area contributed by atoms with Crippen LogP contribution < -0.4 is 0 Å². The summed E-state index contributed by atoms with van der Waals surface area (Å²) in [4.78, 5) is 11.0. The second-order valence-corrected chi connectivity index (χ2v) is 2.77. The summed E-state index contributed by atoms with van der Waals surface area (Å²) >= 11 is 0. The lowest BCUT2D eigenvalue weighted by molar-refractivity contribution is 0.0593. The minimum absolute atomic E-state index is 0.109. The first kappa shape index (κ1) is 10.7. The van der Waals surface area contributed by atoms with Crippen LogP contribution in [0.2, 0.25) is 0 Å². The molecule has 0 bridgehead atoms. The predicted molar refractivity (Wildman–Crippen MR) is 46.6 cm³/mol. The smallest absolute Gasteiger partial charge is 0.358 e. The zero-order chi connectivity index (χ0) is 10.7. The van der Waals surface area contributed by atoms with Gasteiger partial charge in [-0.2, -0.15) is 5.10 Å². The molecule has 0 saturated carbocycles. The molecule has 0 aliphatic rings. The van der Waals surface area contributed by atoms with E-state index in [0.29, 0.717) is 5.69 Å². The average Bonchev–Trinajstić information content (AvgIpc) is 2.58. The van der Waals surface area contributed by atoms with Crippen LogP contribution in [0.3, 0.4) is 0 Å². The van der Waals surface area contributed by atoms with Crippen LogP contribution in [0, 0.1) is 0 Å². The zero-order valence-electron chi connectivity index (χ0n) is 7.97. The lowest BCUT2D eigenvalue weighted by Crippen LogP contribution is -2.08. The third-order valence-corrected chi connectivity index (χ3v) is 1.82. The van der Waals surface area contributed by atoms with Gasteiger partial charge in [0.1, 0.15) is 6.10 Å². The van der Waals surface area contributed by atoms with Gasteiger partial charge in [0.05, 0.1) is 19.4 Å². The van der Waals surface area contributed by atoms with Gasteiger partial charge in [0.25, 0.3) is 0 Å². The van der Waals surface area contributed by atoms with Crippen molar-refractivity contribution in [1.29, 1.82) is 0 Å². The number of aromatic nitrogens is 2. The highest BCUT2D eigenvalue weighted by Gasteiger charge is 2.17. The van der Waals surface area contributed by atoms with Crippen LogP contribution in [0.25, 0.3) is 0 Å². The number of hydrogen-bond donors (Lipinski definition) is 2. The van der Waals surface area contributed by atoms with Gasteiger partial charge in [0.2, 0.25) is 0 Å². The second kappa shape index (κ2) is 4.21. The molecule has 0 fully saturated rings. The molecule has 78 valence electrons. The first-order valence-electron chi connectivity index (χ1n) is 4.01. The molecule has 1 atom stereocenters. The van der Waals surface area contributed by atoms with Gasteiger partial charge >= 0.3 is 5.97 Å². The summed E-state index contributed by atoms with van der Waals surface area (Å²) in [5.74, 6) is -0.572. The molecule has 0 aromatic carbocycles. The van der Waals surface area contributed by atoms with Crippen molar-refractivity contribution in [2.45, 2.75) is 6.10 Å². The average molecular weight is 200 g/mol. The molecule has 1 rings (SSSR count). The maximum Gasteiger partial charge on any atom is 0.358 e. The fourth-order valence-corrected chi connectivity index (χ4v) is 1.09. The van der Waals surface area contributed by atoms with E-state index in [2.05, 4.69) is 9.84 Å². The largest absolute Gasteiger partial charge is 0.464 e. The number of methoxy groups -OCH3 is 1. The number of carbonyl (C=O) groups is 1. The van der Waals surface area contributed by atoms with Crippen molar-refractivity contribution in [2.75, 3.05) is 13.7 Å². The highest BCUT2D eigenvalue weighted by atomic mass is 16.5. The molecule has 1 unspecified atom stereocenters. The van der Waals surface area contributed by atoms with Crippen LogP contribution >= 0.6 is 0 Å². The Morgan fingerprint density at radius 3 is 2.93 bits per heavy atom. The number of esters is 1. The topological polar surface area (TPSA) is 84.6 Å². The molecule has 1 heterocycles. The molecule has 2 N–H and O–H groups in total. The highest BCUT2D eigenvalue weighted by Crippen LogP contribution is 2.13. The second-order valence-electron chi connectivity index (χ2n) is 2.77. The van der Waals surface area contributed by atoms with E-state index in [1.807, 2.05) is 0 Å². The first-order valence-corrected chi connectivity index (χ1v) is 4.01. The molecule has 0 saturated heterocycles. The van der Waals surface area contributed by atoms with Crippen molar-refractivity contribution in [3.05, 3.63) is 17.5 Å². The number of rotatable bonds is 3. The SMILES string of the molecule is COC(=O)c1cc(C(O)CO)n(C)n1. The lowest BCUT2D eigenvalue weighted by atomic mass is 10.2. The Kier molecular flexibility index (Phi) is 3.21. The Hall–Kier alpha value is -1.40. The van der Waals surface area contributed by atoms with Gasteiger partial charge in [0, 0.05) is 7.05 Å². The van der Waals surface area contributed by atoms with Crippen LogP contribution in [0.1, 0.15) is 22.3 Å². The van der Waals surface area contributed by atoms with Crippen molar-refractivity contribution in [2.24, 2.45) is 7.05 Å². The number of ether oxygens (including phenoxy) is 1. The first-order chi connectivity index (χ1) is 6.60. The van der Waals surface area contributed by atoms with Crippen molar-refractivity contribution in [3.8, 4) is 0 Å². The Balaban J connectivity index is 2.98. The van der Waals surface area contributed by atoms with Crippen molar-refractivity contribution in [3.63, 3.8) is 0 Å². The van der Waals surface area contributed by atoms with Crippen LogP contribution in [0.4, 0.5) is 0 Å². The summed E-state index contributed by atoms with van der Waals surface area (Å²) in [6.07, 6.45) is -1.04. The van der Waals surface area contributed by atoms with Gasteiger partial charge in [0.15, 0.2) is 5.69 Å². The normalized spacial score (nSPS) is 12.6. The van der Waals surface area contributed by atoms with E-state index in [1.165, 1.54) is 17.9 Å². The minimum atomic E-state index is -1.04. The highest BCUT2D eigenvalue weighted by molar-refractivity contribution is 5.87. The summed E-state index contributed by atoms with van der Waals surface area (Å²) < 4.78 is 5.79. The van der Waals surface area contributed by atoms with Crippen LogP contribution in [0.5, 0.6) is 0 Å². The number of aryl methyl sites for hydroxylation is 1. The third-order valence-electron chi connectivity index (χ3n) is 1.82. The summed E-state index contributed by atoms with van der Waals surface area (Å²) in [6, 6.07) is 1.38. The van der Waals surface area contributed by atoms with Gasteiger partial charge in [-0.15, -0.1) is 0 Å². The maximum atomic E-state index is 11.0. The molecule has 14 heavy (non-hydrogen) atoms. The molecule has 0 spiro atoms. The summed E-state index contributed by atoms with van der Waals surface area (Å²) in [7, 11) is 2.82.